The van der Waals surface area contributed by atoms with Crippen molar-refractivity contribution in [2.45, 2.75) is 32.7 Å². The number of benzene rings is 1. The Morgan fingerprint density at radius 1 is 1.34 bits per heavy atom. The summed E-state index contributed by atoms with van der Waals surface area (Å²) in [6, 6.07) is 11.7. The second kappa shape index (κ2) is 7.13. The zero-order valence-corrected chi connectivity index (χ0v) is 16.6. The van der Waals surface area contributed by atoms with E-state index in [2.05, 4.69) is 9.55 Å². The fourth-order valence-electron chi connectivity index (χ4n) is 3.77. The van der Waals surface area contributed by atoms with Gasteiger partial charge >= 0.3 is 5.97 Å². The number of rotatable bonds is 5. The Balaban J connectivity index is 1.57. The quantitative estimate of drug-likeness (QED) is 0.404. The highest BCUT2D eigenvalue weighted by Crippen LogP contribution is 2.38. The van der Waals surface area contributed by atoms with Crippen molar-refractivity contribution in [1.82, 2.24) is 14.1 Å². The minimum Gasteiger partial charge on any atom is -0.507 e. The molecule has 7 nitrogen and oxygen atoms in total. The molecule has 1 aliphatic rings. The highest BCUT2D eigenvalue weighted by molar-refractivity contribution is 5.91. The maximum Gasteiger partial charge on any atom is 0.340 e. The van der Waals surface area contributed by atoms with Crippen LogP contribution in [0.1, 0.15) is 46.5 Å². The number of hydrogen-bond donors (Lipinski definition) is 1. The summed E-state index contributed by atoms with van der Waals surface area (Å²) in [7, 11) is 1.77. The van der Waals surface area contributed by atoms with Crippen molar-refractivity contribution in [3.05, 3.63) is 58.9 Å². The molecule has 1 N–H and O–H groups in total. The number of aliphatic hydroxyl groups is 1. The summed E-state index contributed by atoms with van der Waals surface area (Å²) >= 11 is 0. The number of para-hydroxylation sites is 2. The summed E-state index contributed by atoms with van der Waals surface area (Å²) in [6.07, 6.45) is 2.25. The number of carbonyl (C=O) groups excluding carboxylic acids is 1. The van der Waals surface area contributed by atoms with Gasteiger partial charge in [0, 0.05) is 24.5 Å². The topological polar surface area (TPSA) is 93.1 Å². The van der Waals surface area contributed by atoms with Gasteiger partial charge in [-0.05, 0) is 44.9 Å². The summed E-state index contributed by atoms with van der Waals surface area (Å²) in [4.78, 5) is 17.0. The fourth-order valence-corrected chi connectivity index (χ4v) is 3.77. The predicted molar refractivity (Wildman–Crippen MR) is 108 cm³/mol. The highest BCUT2D eigenvalue weighted by Gasteiger charge is 2.29. The van der Waals surface area contributed by atoms with E-state index in [0.29, 0.717) is 17.4 Å². The van der Waals surface area contributed by atoms with E-state index in [1.54, 1.807) is 11.6 Å². The lowest BCUT2D eigenvalue weighted by molar-refractivity contribution is 0.0502. The molecule has 4 rings (SSSR count). The summed E-state index contributed by atoms with van der Waals surface area (Å²) in [6.45, 7) is 3.48. The van der Waals surface area contributed by atoms with Crippen LogP contribution in [0.25, 0.3) is 16.6 Å². The molecule has 0 atom stereocenters. The molecule has 3 aromatic rings. The van der Waals surface area contributed by atoms with Gasteiger partial charge in [-0.2, -0.15) is 5.26 Å². The Kier molecular flexibility index (Phi) is 4.63. The molecular formula is C22H22N4O3. The lowest BCUT2D eigenvalue weighted by Gasteiger charge is -2.09. The predicted octanol–water partition coefficient (Wildman–Crippen LogP) is 3.98. The van der Waals surface area contributed by atoms with E-state index in [-0.39, 0.29) is 11.3 Å². The SMILES string of the molecule is Cc1cc(C(=O)OC/C(O)=C(\C#N)c2nc3ccccc3n2C)c(C)n1C1CC1. The third kappa shape index (κ3) is 3.27. The first-order valence-corrected chi connectivity index (χ1v) is 9.52. The first-order chi connectivity index (χ1) is 13.9. The van der Waals surface area contributed by atoms with Gasteiger partial charge in [0.1, 0.15) is 18.2 Å². The zero-order valence-electron chi connectivity index (χ0n) is 16.6. The Labute approximate surface area is 168 Å². The molecule has 1 aromatic carbocycles. The maximum atomic E-state index is 12.6. The summed E-state index contributed by atoms with van der Waals surface area (Å²) in [5.74, 6) is -0.511. The van der Waals surface area contributed by atoms with Gasteiger partial charge in [-0.15, -0.1) is 0 Å². The van der Waals surface area contributed by atoms with E-state index < -0.39 is 12.6 Å². The number of nitrogens with zero attached hydrogens (tertiary/aromatic N) is 4. The Morgan fingerprint density at radius 2 is 2.07 bits per heavy atom. The first kappa shape index (κ1) is 18.8. The van der Waals surface area contributed by atoms with Gasteiger partial charge in [0.25, 0.3) is 0 Å². The lowest BCUT2D eigenvalue weighted by atomic mass is 10.2. The molecule has 2 aromatic heterocycles. The molecule has 0 saturated heterocycles. The summed E-state index contributed by atoms with van der Waals surface area (Å²) in [5.41, 5.74) is 3.93. The van der Waals surface area contributed by atoms with E-state index in [4.69, 9.17) is 4.74 Å². The van der Waals surface area contributed by atoms with Gasteiger partial charge in [0.05, 0.1) is 16.6 Å². The van der Waals surface area contributed by atoms with Crippen LogP contribution in [0.3, 0.4) is 0 Å². The van der Waals surface area contributed by atoms with Gasteiger partial charge in [0.15, 0.2) is 11.6 Å². The number of hydrogen-bond acceptors (Lipinski definition) is 5. The molecule has 0 radical (unpaired) electrons. The van der Waals surface area contributed by atoms with E-state index in [1.165, 1.54) is 0 Å². The second-order valence-corrected chi connectivity index (χ2v) is 7.38. The van der Waals surface area contributed by atoms with Crippen molar-refractivity contribution in [2.75, 3.05) is 6.61 Å². The highest BCUT2D eigenvalue weighted by atomic mass is 16.5. The number of aromatic nitrogens is 3. The smallest absolute Gasteiger partial charge is 0.340 e. The molecule has 0 amide bonds. The third-order valence-corrected chi connectivity index (χ3v) is 5.37. The van der Waals surface area contributed by atoms with Crippen molar-refractivity contribution in [3.63, 3.8) is 0 Å². The minimum absolute atomic E-state index is 0.0139. The number of fused-ring (bicyclic) bond motifs is 1. The molecule has 2 heterocycles. The average Bonchev–Trinajstić information content (AvgIpc) is 3.43. The molecule has 0 unspecified atom stereocenters. The summed E-state index contributed by atoms with van der Waals surface area (Å²) in [5, 5.41) is 20.0. The van der Waals surface area contributed by atoms with Crippen molar-refractivity contribution >= 4 is 22.6 Å². The molecule has 0 aliphatic heterocycles. The zero-order chi connectivity index (χ0) is 20.7. The molecular weight excluding hydrogens is 368 g/mol. The lowest BCUT2D eigenvalue weighted by Crippen LogP contribution is -2.11. The van der Waals surface area contributed by atoms with E-state index in [1.807, 2.05) is 50.2 Å². The van der Waals surface area contributed by atoms with Crippen LogP contribution >= 0.6 is 0 Å². The van der Waals surface area contributed by atoms with Crippen LogP contribution in [-0.4, -0.2) is 31.8 Å². The normalized spacial score (nSPS) is 14.6. The van der Waals surface area contributed by atoms with Crippen LogP contribution in [-0.2, 0) is 11.8 Å². The van der Waals surface area contributed by atoms with E-state index >= 15 is 0 Å². The van der Waals surface area contributed by atoms with Gasteiger partial charge < -0.3 is 19.0 Å². The standard InChI is InChI=1S/C22H22N4O3/c1-13-10-16(14(2)26(13)15-8-9-15)22(28)29-12-20(27)17(11-23)21-24-18-6-4-5-7-19(18)25(21)3/h4-7,10,15,27H,8-9,12H2,1-3H3/b20-17-. The maximum absolute atomic E-state index is 12.6. The van der Waals surface area contributed by atoms with Crippen molar-refractivity contribution < 1.29 is 14.6 Å². The average molecular weight is 390 g/mol. The van der Waals surface area contributed by atoms with Gasteiger partial charge in [-0.25, -0.2) is 9.78 Å². The Morgan fingerprint density at radius 3 is 2.72 bits per heavy atom. The van der Waals surface area contributed by atoms with Gasteiger partial charge in [-0.3, -0.25) is 0 Å². The molecule has 0 bridgehead atoms. The van der Waals surface area contributed by atoms with Crippen LogP contribution < -0.4 is 0 Å². The first-order valence-electron chi connectivity index (χ1n) is 9.52. The van der Waals surface area contributed by atoms with Crippen LogP contribution in [0.5, 0.6) is 0 Å². The van der Waals surface area contributed by atoms with E-state index in [9.17, 15) is 15.2 Å². The number of allylic oxidation sites excluding steroid dienone is 1. The number of aryl methyl sites for hydroxylation is 2. The Hall–Kier alpha value is -3.53. The van der Waals surface area contributed by atoms with Gasteiger partial charge in [0.2, 0.25) is 0 Å². The van der Waals surface area contributed by atoms with Crippen molar-refractivity contribution in [2.24, 2.45) is 7.05 Å². The van der Waals surface area contributed by atoms with Crippen LogP contribution in [0.4, 0.5) is 0 Å². The number of nitriles is 1. The fraction of sp³-hybridized carbons (Fsp3) is 0.318. The van der Waals surface area contributed by atoms with Crippen LogP contribution in [0.15, 0.2) is 36.1 Å². The largest absolute Gasteiger partial charge is 0.507 e. The number of esters is 1. The molecule has 1 aliphatic carbocycles. The van der Waals surface area contributed by atoms with Crippen molar-refractivity contribution in [1.29, 1.82) is 5.26 Å². The molecule has 7 heteroatoms. The Bertz CT molecular complexity index is 1190. The third-order valence-electron chi connectivity index (χ3n) is 5.37. The van der Waals surface area contributed by atoms with Crippen LogP contribution in [0, 0.1) is 25.2 Å². The monoisotopic (exact) mass is 390 g/mol. The van der Waals surface area contributed by atoms with Gasteiger partial charge in [-0.1, -0.05) is 12.1 Å². The number of ether oxygens (including phenoxy) is 1. The molecule has 148 valence electrons. The number of imidazole rings is 1. The number of carbonyl (C=O) groups is 1. The minimum atomic E-state index is -0.515. The van der Waals surface area contributed by atoms with E-state index in [0.717, 1.165) is 35.3 Å². The molecule has 0 spiro atoms. The molecule has 1 fully saturated rings. The molecule has 29 heavy (non-hydrogen) atoms. The molecule has 1 saturated carbocycles. The number of aliphatic hydroxyl groups excluding tert-OH is 1. The summed E-state index contributed by atoms with van der Waals surface area (Å²) < 4.78 is 9.20. The van der Waals surface area contributed by atoms with Crippen molar-refractivity contribution in [3.8, 4) is 6.07 Å². The van der Waals surface area contributed by atoms with Crippen LogP contribution in [0.2, 0.25) is 0 Å². The second-order valence-electron chi connectivity index (χ2n) is 7.38.